The van der Waals surface area contributed by atoms with Gasteiger partial charge in [-0.15, -0.1) is 0 Å². The molecule has 1 fully saturated rings. The highest BCUT2D eigenvalue weighted by atomic mass is 32.2. The van der Waals surface area contributed by atoms with Crippen molar-refractivity contribution in [2.24, 2.45) is 10.9 Å². The molecule has 146 valence electrons. The van der Waals surface area contributed by atoms with Crippen molar-refractivity contribution in [3.8, 4) is 0 Å². The lowest BCUT2D eigenvalue weighted by molar-refractivity contribution is 0.0278. The predicted octanol–water partition coefficient (Wildman–Crippen LogP) is 2.94. The van der Waals surface area contributed by atoms with Crippen LogP contribution in [-0.2, 0) is 4.74 Å². The van der Waals surface area contributed by atoms with Gasteiger partial charge in [0.15, 0.2) is 5.96 Å². The van der Waals surface area contributed by atoms with Crippen LogP contribution in [0.15, 0.2) is 4.99 Å². The molecule has 0 aromatic carbocycles. The molecule has 1 rings (SSSR count). The van der Waals surface area contributed by atoms with Gasteiger partial charge in [-0.05, 0) is 52.2 Å². The number of hydrogen-bond donors (Lipinski definition) is 2. The number of rotatable bonds is 6. The number of nitrogens with one attached hydrogen (secondary N) is 2. The number of thioether (sulfide) groups is 1. The Bertz CT molecular complexity index is 451. The molecule has 0 saturated heterocycles. The fourth-order valence-electron chi connectivity index (χ4n) is 2.89. The summed E-state index contributed by atoms with van der Waals surface area (Å²) >= 11 is 1.95. The molecule has 0 spiro atoms. The predicted molar refractivity (Wildman–Crippen MR) is 107 cm³/mol. The number of nitrogens with zero attached hydrogens (tertiary/aromatic N) is 2. The Morgan fingerprint density at radius 1 is 1.40 bits per heavy atom. The van der Waals surface area contributed by atoms with Crippen LogP contribution < -0.4 is 10.6 Å². The van der Waals surface area contributed by atoms with Gasteiger partial charge >= 0.3 is 6.09 Å². The molecule has 1 saturated carbocycles. The zero-order valence-electron chi connectivity index (χ0n) is 16.9. The van der Waals surface area contributed by atoms with E-state index in [1.807, 2.05) is 32.5 Å². The van der Waals surface area contributed by atoms with Gasteiger partial charge in [0.25, 0.3) is 0 Å². The number of hydrogen-bond acceptors (Lipinski definition) is 4. The molecule has 0 radical (unpaired) electrons. The van der Waals surface area contributed by atoms with Crippen LogP contribution in [-0.4, -0.2) is 67.3 Å². The Morgan fingerprint density at radius 2 is 2.08 bits per heavy atom. The second kappa shape index (κ2) is 10.1. The summed E-state index contributed by atoms with van der Waals surface area (Å²) in [6, 6.07) is 0.503. The van der Waals surface area contributed by atoms with Crippen LogP contribution in [0.1, 0.15) is 47.0 Å². The molecule has 1 amide bonds. The largest absolute Gasteiger partial charge is 0.444 e. The van der Waals surface area contributed by atoms with Crippen molar-refractivity contribution >= 4 is 23.8 Å². The Balaban J connectivity index is 2.33. The highest BCUT2D eigenvalue weighted by Crippen LogP contribution is 2.27. The first-order valence-electron chi connectivity index (χ1n) is 9.08. The summed E-state index contributed by atoms with van der Waals surface area (Å²) in [6.45, 7) is 9.14. The van der Waals surface area contributed by atoms with Gasteiger partial charge in [0.1, 0.15) is 5.60 Å². The van der Waals surface area contributed by atoms with Gasteiger partial charge in [-0.25, -0.2) is 4.79 Å². The summed E-state index contributed by atoms with van der Waals surface area (Å²) in [5, 5.41) is 7.65. The van der Waals surface area contributed by atoms with Gasteiger partial charge in [0, 0.05) is 38.5 Å². The number of ether oxygens (including phenoxy) is 1. The van der Waals surface area contributed by atoms with Crippen molar-refractivity contribution in [2.75, 3.05) is 33.4 Å². The molecule has 0 aliphatic heterocycles. The lowest BCUT2D eigenvalue weighted by Crippen LogP contribution is -2.45. The maximum absolute atomic E-state index is 12.0. The van der Waals surface area contributed by atoms with E-state index in [-0.39, 0.29) is 6.09 Å². The van der Waals surface area contributed by atoms with E-state index in [1.165, 1.54) is 19.3 Å². The van der Waals surface area contributed by atoms with Crippen LogP contribution in [0.25, 0.3) is 0 Å². The molecule has 2 N–H and O–H groups in total. The lowest BCUT2D eigenvalue weighted by Gasteiger charge is -2.27. The second-order valence-corrected chi connectivity index (χ2v) is 9.07. The average Bonchev–Trinajstić information content (AvgIpc) is 2.97. The summed E-state index contributed by atoms with van der Waals surface area (Å²) in [7, 11) is 3.58. The molecule has 7 heteroatoms. The van der Waals surface area contributed by atoms with Gasteiger partial charge in [-0.1, -0.05) is 6.92 Å². The summed E-state index contributed by atoms with van der Waals surface area (Å²) in [4.78, 5) is 18.0. The molecule has 0 aromatic rings. The summed E-state index contributed by atoms with van der Waals surface area (Å²) < 4.78 is 5.38. The first-order valence-corrected chi connectivity index (χ1v) is 10.4. The third-order valence-corrected chi connectivity index (χ3v) is 5.29. The Morgan fingerprint density at radius 3 is 2.60 bits per heavy atom. The zero-order valence-corrected chi connectivity index (χ0v) is 17.7. The van der Waals surface area contributed by atoms with E-state index < -0.39 is 5.60 Å². The van der Waals surface area contributed by atoms with Gasteiger partial charge in [0.2, 0.25) is 0 Å². The van der Waals surface area contributed by atoms with Crippen molar-refractivity contribution in [3.63, 3.8) is 0 Å². The Kier molecular flexibility index (Phi) is 8.89. The minimum absolute atomic E-state index is 0.282. The number of carbonyl (C=O) groups is 1. The van der Waals surface area contributed by atoms with Crippen LogP contribution in [0.5, 0.6) is 0 Å². The van der Waals surface area contributed by atoms with Crippen molar-refractivity contribution in [1.29, 1.82) is 0 Å². The third kappa shape index (κ3) is 8.70. The van der Waals surface area contributed by atoms with Crippen molar-refractivity contribution < 1.29 is 9.53 Å². The standard InChI is InChI=1S/C18H36N4O2S/c1-13(12-22(6)17(23)24-18(2,3)4)11-20-16(19-5)21-14-8-9-15(10-14)25-7/h13-15H,8-12H2,1-7H3,(H2,19,20,21). The molecule has 3 atom stereocenters. The van der Waals surface area contributed by atoms with E-state index >= 15 is 0 Å². The van der Waals surface area contributed by atoms with E-state index in [0.717, 1.165) is 17.8 Å². The van der Waals surface area contributed by atoms with E-state index in [9.17, 15) is 4.79 Å². The fourth-order valence-corrected chi connectivity index (χ4v) is 3.69. The minimum Gasteiger partial charge on any atom is -0.444 e. The topological polar surface area (TPSA) is 66.0 Å². The van der Waals surface area contributed by atoms with E-state index in [4.69, 9.17) is 4.74 Å². The van der Waals surface area contributed by atoms with Crippen LogP contribution >= 0.6 is 11.8 Å². The summed E-state index contributed by atoms with van der Waals surface area (Å²) in [5.41, 5.74) is -0.464. The smallest absolute Gasteiger partial charge is 0.410 e. The van der Waals surface area contributed by atoms with Crippen LogP contribution in [0.2, 0.25) is 0 Å². The van der Waals surface area contributed by atoms with Crippen molar-refractivity contribution in [3.05, 3.63) is 0 Å². The first kappa shape index (κ1) is 21.9. The number of amides is 1. The molecular weight excluding hydrogens is 336 g/mol. The first-order chi connectivity index (χ1) is 11.6. The molecule has 0 heterocycles. The van der Waals surface area contributed by atoms with Gasteiger partial charge in [0.05, 0.1) is 0 Å². The number of aliphatic imine (C=N–C) groups is 1. The zero-order chi connectivity index (χ0) is 19.0. The van der Waals surface area contributed by atoms with E-state index in [2.05, 4.69) is 28.8 Å². The molecular formula is C18H36N4O2S. The SMILES string of the molecule is CN=C(NCC(C)CN(C)C(=O)OC(C)(C)C)NC1CCC(SC)C1. The lowest BCUT2D eigenvalue weighted by atomic mass is 10.1. The van der Waals surface area contributed by atoms with Crippen molar-refractivity contribution in [2.45, 2.75) is 63.9 Å². The maximum Gasteiger partial charge on any atom is 0.410 e. The highest BCUT2D eigenvalue weighted by molar-refractivity contribution is 7.99. The van der Waals surface area contributed by atoms with Gasteiger partial charge in [-0.2, -0.15) is 11.8 Å². The van der Waals surface area contributed by atoms with Crippen LogP contribution in [0.3, 0.4) is 0 Å². The highest BCUT2D eigenvalue weighted by Gasteiger charge is 2.25. The van der Waals surface area contributed by atoms with E-state index in [1.54, 1.807) is 19.0 Å². The second-order valence-electron chi connectivity index (χ2n) is 7.93. The number of carbonyl (C=O) groups excluding carboxylic acids is 1. The molecule has 1 aliphatic carbocycles. The Hall–Kier alpha value is -1.11. The monoisotopic (exact) mass is 372 g/mol. The third-order valence-electron chi connectivity index (χ3n) is 4.19. The molecule has 0 aromatic heterocycles. The van der Waals surface area contributed by atoms with Gasteiger partial charge in [-0.3, -0.25) is 4.99 Å². The Labute approximate surface area is 157 Å². The molecule has 1 aliphatic rings. The minimum atomic E-state index is -0.464. The summed E-state index contributed by atoms with van der Waals surface area (Å²) in [5.74, 6) is 1.14. The van der Waals surface area contributed by atoms with Gasteiger partial charge < -0.3 is 20.3 Å². The normalized spacial score (nSPS) is 22.4. The van der Waals surface area contributed by atoms with E-state index in [0.29, 0.717) is 18.5 Å². The molecule has 3 unspecified atom stereocenters. The maximum atomic E-state index is 12.0. The van der Waals surface area contributed by atoms with Crippen molar-refractivity contribution in [1.82, 2.24) is 15.5 Å². The summed E-state index contributed by atoms with van der Waals surface area (Å²) in [6.07, 6.45) is 5.56. The average molecular weight is 373 g/mol. The quantitative estimate of drug-likeness (QED) is 0.554. The van der Waals surface area contributed by atoms with Crippen LogP contribution in [0.4, 0.5) is 4.79 Å². The van der Waals surface area contributed by atoms with Crippen LogP contribution in [0, 0.1) is 5.92 Å². The molecule has 25 heavy (non-hydrogen) atoms. The molecule has 6 nitrogen and oxygen atoms in total. The number of guanidine groups is 1. The fraction of sp³-hybridized carbons (Fsp3) is 0.889. The molecule has 0 bridgehead atoms.